The van der Waals surface area contributed by atoms with E-state index < -0.39 is 30.3 Å². The van der Waals surface area contributed by atoms with Crippen molar-refractivity contribution in [3.63, 3.8) is 0 Å². The van der Waals surface area contributed by atoms with Crippen LogP contribution in [0.5, 0.6) is 0 Å². The number of nitrogens with one attached hydrogen (secondary N) is 2. The third kappa shape index (κ3) is 3.60. The van der Waals surface area contributed by atoms with Crippen molar-refractivity contribution in [3.05, 3.63) is 23.9 Å². The molecule has 0 aliphatic carbocycles. The van der Waals surface area contributed by atoms with Crippen molar-refractivity contribution in [1.82, 2.24) is 10.3 Å². The van der Waals surface area contributed by atoms with Crippen LogP contribution in [0.3, 0.4) is 0 Å². The summed E-state index contributed by atoms with van der Waals surface area (Å²) in [6, 6.07) is 2.58. The number of alkyl halides is 6. The van der Waals surface area contributed by atoms with Crippen molar-refractivity contribution in [3.8, 4) is 0 Å². The highest BCUT2D eigenvalue weighted by Crippen LogP contribution is 2.45. The molecule has 0 aliphatic heterocycles. The third-order valence-corrected chi connectivity index (χ3v) is 2.96. The Morgan fingerprint density at radius 3 is 2.09 bits per heavy atom. The molecule has 0 atom stereocenters. The lowest BCUT2D eigenvalue weighted by Gasteiger charge is -2.36. The average molecular weight is 329 g/mol. The van der Waals surface area contributed by atoms with Gasteiger partial charge in [0.25, 0.3) is 0 Å². The van der Waals surface area contributed by atoms with E-state index in [-0.39, 0.29) is 5.82 Å². The standard InChI is InChI=1S/C12H13F6N3O/c1-3-10(11(13,14)15,12(16,17)18)21-9(22)20-8-6-4-5-7(2)19-8/h4-6H,3H2,1-2H3,(H2,19,20,21,22). The minimum absolute atomic E-state index is 0.160. The van der Waals surface area contributed by atoms with Crippen molar-refractivity contribution in [2.75, 3.05) is 5.32 Å². The molecule has 0 saturated carbocycles. The van der Waals surface area contributed by atoms with E-state index in [0.717, 1.165) is 5.32 Å². The van der Waals surface area contributed by atoms with Crippen molar-refractivity contribution in [2.45, 2.75) is 38.2 Å². The molecule has 2 amide bonds. The Hall–Kier alpha value is -2.00. The van der Waals surface area contributed by atoms with Gasteiger partial charge in [-0.05, 0) is 25.5 Å². The van der Waals surface area contributed by atoms with Crippen LogP contribution in [-0.4, -0.2) is 28.9 Å². The van der Waals surface area contributed by atoms with Gasteiger partial charge in [-0.15, -0.1) is 0 Å². The summed E-state index contributed by atoms with van der Waals surface area (Å²) in [5, 5.41) is 2.84. The molecule has 0 aromatic carbocycles. The molecule has 1 rings (SSSR count). The van der Waals surface area contributed by atoms with Gasteiger partial charge in [0, 0.05) is 5.69 Å². The van der Waals surface area contributed by atoms with Gasteiger partial charge in [-0.25, -0.2) is 9.78 Å². The highest BCUT2D eigenvalue weighted by molar-refractivity contribution is 5.89. The van der Waals surface area contributed by atoms with E-state index in [1.54, 1.807) is 13.0 Å². The maximum absolute atomic E-state index is 12.9. The van der Waals surface area contributed by atoms with Crippen LogP contribution < -0.4 is 10.6 Å². The lowest BCUT2D eigenvalue weighted by atomic mass is 9.94. The molecule has 0 spiro atoms. The number of rotatable bonds is 3. The smallest absolute Gasteiger partial charge is 0.316 e. The second-order valence-corrected chi connectivity index (χ2v) is 4.50. The van der Waals surface area contributed by atoms with Gasteiger partial charge < -0.3 is 5.32 Å². The summed E-state index contributed by atoms with van der Waals surface area (Å²) in [5.41, 5.74) is -3.89. The van der Waals surface area contributed by atoms with Gasteiger partial charge in [-0.1, -0.05) is 13.0 Å². The Bertz CT molecular complexity index is 526. The van der Waals surface area contributed by atoms with Gasteiger partial charge in [-0.3, -0.25) is 5.32 Å². The van der Waals surface area contributed by atoms with Crippen LogP contribution in [0, 0.1) is 6.92 Å². The Balaban J connectivity index is 3.03. The van der Waals surface area contributed by atoms with Crippen molar-refractivity contribution in [1.29, 1.82) is 0 Å². The fourth-order valence-corrected chi connectivity index (χ4v) is 1.75. The number of hydrogen-bond acceptors (Lipinski definition) is 2. The van der Waals surface area contributed by atoms with Crippen LogP contribution in [0.4, 0.5) is 37.0 Å². The molecule has 124 valence electrons. The molecule has 0 bridgehead atoms. The fraction of sp³-hybridized carbons (Fsp3) is 0.500. The number of amides is 2. The van der Waals surface area contributed by atoms with E-state index >= 15 is 0 Å². The maximum Gasteiger partial charge on any atom is 0.420 e. The Morgan fingerprint density at radius 1 is 1.14 bits per heavy atom. The van der Waals surface area contributed by atoms with Crippen molar-refractivity contribution in [2.24, 2.45) is 0 Å². The number of carbonyl (C=O) groups excluding carboxylic acids is 1. The zero-order chi connectivity index (χ0) is 17.2. The summed E-state index contributed by atoms with van der Waals surface area (Å²) < 4.78 is 77.1. The first-order valence-electron chi connectivity index (χ1n) is 6.09. The molecule has 0 unspecified atom stereocenters. The lowest BCUT2D eigenvalue weighted by Crippen LogP contribution is -2.67. The van der Waals surface area contributed by atoms with Gasteiger partial charge >= 0.3 is 18.4 Å². The summed E-state index contributed by atoms with van der Waals surface area (Å²) in [4.78, 5) is 15.3. The molecule has 0 fully saturated rings. The summed E-state index contributed by atoms with van der Waals surface area (Å²) in [5.74, 6) is -0.160. The van der Waals surface area contributed by atoms with Crippen LogP contribution in [0.25, 0.3) is 0 Å². The Kier molecular flexibility index (Phi) is 4.93. The van der Waals surface area contributed by atoms with Gasteiger partial charge in [0.2, 0.25) is 5.54 Å². The van der Waals surface area contributed by atoms with E-state index in [9.17, 15) is 31.1 Å². The molecular weight excluding hydrogens is 316 g/mol. The van der Waals surface area contributed by atoms with E-state index in [1.165, 1.54) is 12.1 Å². The normalized spacial score (nSPS) is 12.9. The van der Waals surface area contributed by atoms with E-state index in [2.05, 4.69) is 4.98 Å². The minimum Gasteiger partial charge on any atom is -0.316 e. The summed E-state index contributed by atoms with van der Waals surface area (Å²) in [6.07, 6.45) is -12.8. The van der Waals surface area contributed by atoms with Crippen LogP contribution >= 0.6 is 0 Å². The largest absolute Gasteiger partial charge is 0.420 e. The molecule has 0 aliphatic rings. The van der Waals surface area contributed by atoms with Gasteiger partial charge in [0.05, 0.1) is 0 Å². The summed E-state index contributed by atoms with van der Waals surface area (Å²) in [6.45, 7) is 2.23. The number of carbonyl (C=O) groups is 1. The van der Waals surface area contributed by atoms with E-state index in [0.29, 0.717) is 12.6 Å². The molecule has 4 nitrogen and oxygen atoms in total. The number of halogens is 6. The predicted octanol–water partition coefficient (Wildman–Crippen LogP) is 3.78. The molecule has 0 radical (unpaired) electrons. The van der Waals surface area contributed by atoms with Gasteiger partial charge in [0.15, 0.2) is 0 Å². The highest BCUT2D eigenvalue weighted by Gasteiger charge is 2.70. The molecule has 22 heavy (non-hydrogen) atoms. The maximum atomic E-state index is 12.9. The predicted molar refractivity (Wildman–Crippen MR) is 66.3 cm³/mol. The van der Waals surface area contributed by atoms with Crippen LogP contribution in [-0.2, 0) is 0 Å². The van der Waals surface area contributed by atoms with Crippen molar-refractivity contribution >= 4 is 11.8 Å². The van der Waals surface area contributed by atoms with Crippen LogP contribution in [0.1, 0.15) is 19.0 Å². The summed E-state index contributed by atoms with van der Waals surface area (Å²) in [7, 11) is 0. The first-order valence-corrected chi connectivity index (χ1v) is 6.09. The lowest BCUT2D eigenvalue weighted by molar-refractivity contribution is -0.304. The zero-order valence-electron chi connectivity index (χ0n) is 11.6. The fourth-order valence-electron chi connectivity index (χ4n) is 1.75. The molecule has 2 N–H and O–H groups in total. The van der Waals surface area contributed by atoms with Gasteiger partial charge in [0.1, 0.15) is 5.82 Å². The quantitative estimate of drug-likeness (QED) is 0.829. The monoisotopic (exact) mass is 329 g/mol. The minimum atomic E-state index is -5.70. The highest BCUT2D eigenvalue weighted by atomic mass is 19.4. The SMILES string of the molecule is CCC(NC(=O)Nc1cccc(C)n1)(C(F)(F)F)C(F)(F)F. The number of aromatic nitrogens is 1. The average Bonchev–Trinajstić information content (AvgIpc) is 2.32. The molecule has 0 saturated heterocycles. The topological polar surface area (TPSA) is 54.0 Å². The number of hydrogen-bond donors (Lipinski definition) is 2. The third-order valence-electron chi connectivity index (χ3n) is 2.96. The molecule has 1 heterocycles. The number of pyridine rings is 1. The first kappa shape index (κ1) is 18.1. The van der Waals surface area contributed by atoms with Gasteiger partial charge in [-0.2, -0.15) is 26.3 Å². The second kappa shape index (κ2) is 6.01. The molecule has 1 aromatic heterocycles. The number of urea groups is 1. The van der Waals surface area contributed by atoms with E-state index in [4.69, 9.17) is 0 Å². The molecule has 10 heteroatoms. The number of nitrogens with zero attached hydrogens (tertiary/aromatic N) is 1. The first-order chi connectivity index (χ1) is 9.93. The van der Waals surface area contributed by atoms with Crippen LogP contribution in [0.15, 0.2) is 18.2 Å². The number of aryl methyl sites for hydroxylation is 1. The Morgan fingerprint density at radius 2 is 1.68 bits per heavy atom. The van der Waals surface area contributed by atoms with Crippen LogP contribution in [0.2, 0.25) is 0 Å². The number of anilines is 1. The second-order valence-electron chi connectivity index (χ2n) is 4.50. The molecule has 1 aromatic rings. The van der Waals surface area contributed by atoms with Crippen molar-refractivity contribution < 1.29 is 31.1 Å². The van der Waals surface area contributed by atoms with E-state index in [1.807, 2.05) is 5.32 Å². The molecular formula is C12H13F6N3O. The summed E-state index contributed by atoms with van der Waals surface area (Å²) >= 11 is 0. The Labute approximate surface area is 121 Å². The zero-order valence-corrected chi connectivity index (χ0v) is 11.6.